The normalized spacial score (nSPS) is 15.2. The van der Waals surface area contributed by atoms with E-state index < -0.39 is 30.2 Å². The Kier molecular flexibility index (Phi) is 5.43. The molecule has 1 heterocycles. The first-order valence-electron chi connectivity index (χ1n) is 7.69. The van der Waals surface area contributed by atoms with Crippen molar-refractivity contribution in [3.05, 3.63) is 69.6 Å². The first-order valence-corrected chi connectivity index (χ1v) is 8.44. The van der Waals surface area contributed by atoms with Crippen LogP contribution in [0, 0.1) is 5.82 Å². The third-order valence-electron chi connectivity index (χ3n) is 3.67. The molecule has 0 unspecified atom stereocenters. The molecule has 6 nitrogen and oxygen atoms in total. The fourth-order valence-electron chi connectivity index (χ4n) is 2.39. The van der Waals surface area contributed by atoms with E-state index in [2.05, 4.69) is 10.6 Å². The summed E-state index contributed by atoms with van der Waals surface area (Å²) in [4.78, 5) is 37.2. The molecule has 2 aromatic carbocycles. The smallest absolute Gasteiger partial charge is 0.322 e. The monoisotopic (exact) mass is 407 g/mol. The van der Waals surface area contributed by atoms with Crippen molar-refractivity contribution in [2.24, 2.45) is 0 Å². The van der Waals surface area contributed by atoms with E-state index in [0.29, 0.717) is 20.5 Å². The molecule has 1 aliphatic rings. The van der Waals surface area contributed by atoms with Gasteiger partial charge >= 0.3 is 6.03 Å². The standard InChI is InChI=1S/C18H12Cl2FN3O3/c19-11-6-5-10(12(20)8-11)7-15-17(26)24(18(27)23-15)9-16(25)22-14-4-2-1-3-13(14)21/h1-8H,9H2,(H,22,25)(H,23,27)/b15-7+. The van der Waals surface area contributed by atoms with Crippen LogP contribution in [0.25, 0.3) is 6.08 Å². The van der Waals surface area contributed by atoms with Crippen LogP contribution in [0.3, 0.4) is 0 Å². The maximum absolute atomic E-state index is 13.6. The van der Waals surface area contributed by atoms with Crippen LogP contribution in [0.1, 0.15) is 5.56 Å². The molecule has 0 aromatic heterocycles. The topological polar surface area (TPSA) is 78.5 Å². The minimum atomic E-state index is -0.764. The minimum absolute atomic E-state index is 0.0390. The molecule has 9 heteroatoms. The van der Waals surface area contributed by atoms with Crippen LogP contribution >= 0.6 is 23.2 Å². The second-order valence-electron chi connectivity index (χ2n) is 5.57. The average molecular weight is 408 g/mol. The third-order valence-corrected chi connectivity index (χ3v) is 4.24. The fraction of sp³-hybridized carbons (Fsp3) is 0.0556. The van der Waals surface area contributed by atoms with Crippen LogP contribution in [0.5, 0.6) is 0 Å². The van der Waals surface area contributed by atoms with Gasteiger partial charge < -0.3 is 10.6 Å². The lowest BCUT2D eigenvalue weighted by molar-refractivity contribution is -0.127. The van der Waals surface area contributed by atoms with Gasteiger partial charge in [-0.2, -0.15) is 0 Å². The van der Waals surface area contributed by atoms with Gasteiger partial charge in [-0.25, -0.2) is 14.1 Å². The van der Waals surface area contributed by atoms with E-state index in [0.717, 1.165) is 0 Å². The SMILES string of the molecule is O=C(CN1C(=O)N/C(=C/c2ccc(Cl)cc2Cl)C1=O)Nc1ccccc1F. The number of imide groups is 1. The Labute approximate surface area is 163 Å². The maximum Gasteiger partial charge on any atom is 0.329 e. The Morgan fingerprint density at radius 1 is 1.19 bits per heavy atom. The molecule has 3 rings (SSSR count). The van der Waals surface area contributed by atoms with E-state index in [1.54, 1.807) is 18.2 Å². The lowest BCUT2D eigenvalue weighted by Crippen LogP contribution is -2.38. The lowest BCUT2D eigenvalue weighted by Gasteiger charge is -2.12. The van der Waals surface area contributed by atoms with Crippen molar-refractivity contribution in [1.29, 1.82) is 0 Å². The van der Waals surface area contributed by atoms with Gasteiger partial charge in [0.15, 0.2) is 0 Å². The summed E-state index contributed by atoms with van der Waals surface area (Å²) >= 11 is 11.9. The first kappa shape index (κ1) is 18.9. The van der Waals surface area contributed by atoms with Crippen molar-refractivity contribution < 1.29 is 18.8 Å². The van der Waals surface area contributed by atoms with Gasteiger partial charge in [0.2, 0.25) is 5.91 Å². The zero-order valence-corrected chi connectivity index (χ0v) is 15.1. The summed E-state index contributed by atoms with van der Waals surface area (Å²) in [6, 6.07) is 9.47. The number of para-hydroxylation sites is 1. The molecule has 138 valence electrons. The molecule has 1 aliphatic heterocycles. The van der Waals surface area contributed by atoms with Gasteiger partial charge in [-0.05, 0) is 35.9 Å². The summed E-state index contributed by atoms with van der Waals surface area (Å²) < 4.78 is 13.6. The molecule has 2 N–H and O–H groups in total. The molecule has 0 radical (unpaired) electrons. The molecule has 0 bridgehead atoms. The van der Waals surface area contributed by atoms with Crippen LogP contribution in [-0.4, -0.2) is 29.3 Å². The number of nitrogens with one attached hydrogen (secondary N) is 2. The second kappa shape index (κ2) is 7.77. The molecular formula is C18H12Cl2FN3O3. The molecule has 1 fully saturated rings. The van der Waals surface area contributed by atoms with Crippen molar-refractivity contribution in [1.82, 2.24) is 10.2 Å². The van der Waals surface area contributed by atoms with E-state index in [1.807, 2.05) is 0 Å². The largest absolute Gasteiger partial charge is 0.329 e. The van der Waals surface area contributed by atoms with Crippen molar-refractivity contribution >= 4 is 52.8 Å². The second-order valence-corrected chi connectivity index (χ2v) is 6.42. The van der Waals surface area contributed by atoms with Crippen LogP contribution < -0.4 is 10.6 Å². The fourth-order valence-corrected chi connectivity index (χ4v) is 2.85. The Morgan fingerprint density at radius 2 is 1.93 bits per heavy atom. The number of carbonyl (C=O) groups excluding carboxylic acids is 3. The van der Waals surface area contributed by atoms with Gasteiger partial charge in [-0.1, -0.05) is 41.4 Å². The van der Waals surface area contributed by atoms with E-state index in [4.69, 9.17) is 23.2 Å². The van der Waals surface area contributed by atoms with Gasteiger partial charge in [-0.3, -0.25) is 9.59 Å². The highest BCUT2D eigenvalue weighted by Gasteiger charge is 2.35. The molecule has 0 saturated carbocycles. The molecule has 1 saturated heterocycles. The number of nitrogens with zero attached hydrogens (tertiary/aromatic N) is 1. The van der Waals surface area contributed by atoms with Crippen LogP contribution in [0.15, 0.2) is 48.2 Å². The number of amides is 4. The zero-order valence-electron chi connectivity index (χ0n) is 13.6. The van der Waals surface area contributed by atoms with Gasteiger partial charge in [0.05, 0.1) is 5.69 Å². The number of urea groups is 1. The number of carbonyl (C=O) groups is 3. The molecular weight excluding hydrogens is 396 g/mol. The summed E-state index contributed by atoms with van der Waals surface area (Å²) in [7, 11) is 0. The van der Waals surface area contributed by atoms with Crippen LogP contribution in [0.2, 0.25) is 10.0 Å². The van der Waals surface area contributed by atoms with E-state index in [1.165, 1.54) is 30.3 Å². The Balaban J connectivity index is 1.73. The summed E-state index contributed by atoms with van der Waals surface area (Å²) in [6.07, 6.45) is 1.38. The van der Waals surface area contributed by atoms with Crippen molar-refractivity contribution in [3.8, 4) is 0 Å². The summed E-state index contributed by atoms with van der Waals surface area (Å²) in [5.74, 6) is -2.04. The van der Waals surface area contributed by atoms with Crippen molar-refractivity contribution in [2.45, 2.75) is 0 Å². The van der Waals surface area contributed by atoms with Gasteiger partial charge in [0.25, 0.3) is 5.91 Å². The molecule has 4 amide bonds. The zero-order chi connectivity index (χ0) is 19.6. The highest BCUT2D eigenvalue weighted by Crippen LogP contribution is 2.24. The van der Waals surface area contributed by atoms with Gasteiger partial charge in [-0.15, -0.1) is 0 Å². The molecule has 2 aromatic rings. The predicted molar refractivity (Wildman–Crippen MR) is 99.7 cm³/mol. The van der Waals surface area contributed by atoms with E-state index >= 15 is 0 Å². The number of hydrogen-bond donors (Lipinski definition) is 2. The van der Waals surface area contributed by atoms with Gasteiger partial charge in [0.1, 0.15) is 18.1 Å². The molecule has 0 atom stereocenters. The van der Waals surface area contributed by atoms with Crippen molar-refractivity contribution in [3.63, 3.8) is 0 Å². The number of anilines is 1. The Bertz CT molecular complexity index is 978. The highest BCUT2D eigenvalue weighted by molar-refractivity contribution is 6.35. The van der Waals surface area contributed by atoms with Crippen molar-refractivity contribution in [2.75, 3.05) is 11.9 Å². The highest BCUT2D eigenvalue weighted by atomic mass is 35.5. The number of halogens is 3. The molecule has 0 spiro atoms. The molecule has 0 aliphatic carbocycles. The maximum atomic E-state index is 13.6. The minimum Gasteiger partial charge on any atom is -0.322 e. The van der Waals surface area contributed by atoms with E-state index in [-0.39, 0.29) is 11.4 Å². The lowest BCUT2D eigenvalue weighted by atomic mass is 10.2. The Morgan fingerprint density at radius 3 is 2.63 bits per heavy atom. The number of rotatable bonds is 4. The quantitative estimate of drug-likeness (QED) is 0.599. The average Bonchev–Trinajstić information content (AvgIpc) is 2.87. The van der Waals surface area contributed by atoms with Gasteiger partial charge in [0, 0.05) is 10.0 Å². The Hall–Kier alpha value is -2.90. The summed E-state index contributed by atoms with van der Waals surface area (Å²) in [5.41, 5.74) is 0.392. The summed E-state index contributed by atoms with van der Waals surface area (Å²) in [6.45, 7) is -0.565. The van der Waals surface area contributed by atoms with Crippen LogP contribution in [-0.2, 0) is 9.59 Å². The van der Waals surface area contributed by atoms with Crippen LogP contribution in [0.4, 0.5) is 14.9 Å². The number of benzene rings is 2. The summed E-state index contributed by atoms with van der Waals surface area (Å²) in [5, 5.41) is 5.42. The number of hydrogen-bond acceptors (Lipinski definition) is 3. The molecule has 27 heavy (non-hydrogen) atoms. The first-order chi connectivity index (χ1) is 12.8. The predicted octanol–water partition coefficient (Wildman–Crippen LogP) is 3.66. The van der Waals surface area contributed by atoms with E-state index in [9.17, 15) is 18.8 Å². The third kappa shape index (κ3) is 4.27.